The van der Waals surface area contributed by atoms with E-state index in [1.54, 1.807) is 12.1 Å². The minimum atomic E-state index is -4.42. The molecule has 0 aliphatic rings. The molecule has 1 atom stereocenters. The summed E-state index contributed by atoms with van der Waals surface area (Å²) in [5.41, 5.74) is 1.24. The van der Waals surface area contributed by atoms with Crippen LogP contribution in [-0.4, -0.2) is 18.0 Å². The van der Waals surface area contributed by atoms with Gasteiger partial charge in [0, 0.05) is 11.8 Å². The first kappa shape index (κ1) is 22.2. The second-order valence-corrected chi connectivity index (χ2v) is 6.76. The van der Waals surface area contributed by atoms with Gasteiger partial charge in [-0.1, -0.05) is 44.2 Å². The Bertz CT molecular complexity index is 887. The van der Waals surface area contributed by atoms with Crippen molar-refractivity contribution in [1.82, 2.24) is 0 Å². The molecule has 0 heterocycles. The van der Waals surface area contributed by atoms with E-state index < -0.39 is 29.7 Å². The van der Waals surface area contributed by atoms with Crippen LogP contribution < -0.4 is 5.32 Å². The van der Waals surface area contributed by atoms with Gasteiger partial charge in [0.1, 0.15) is 0 Å². The number of hydrogen-bond acceptors (Lipinski definition) is 3. The molecule has 0 fully saturated rings. The molecule has 1 N–H and O–H groups in total. The topological polar surface area (TPSA) is 55.4 Å². The summed E-state index contributed by atoms with van der Waals surface area (Å²) in [4.78, 5) is 24.2. The van der Waals surface area contributed by atoms with Gasteiger partial charge in [0.2, 0.25) is 0 Å². The van der Waals surface area contributed by atoms with E-state index in [4.69, 9.17) is 4.74 Å². The van der Waals surface area contributed by atoms with Crippen molar-refractivity contribution < 1.29 is 27.5 Å². The Kier molecular flexibility index (Phi) is 7.20. The van der Waals surface area contributed by atoms with Gasteiger partial charge in [-0.3, -0.25) is 4.79 Å². The van der Waals surface area contributed by atoms with Crippen LogP contribution >= 0.6 is 0 Å². The summed E-state index contributed by atoms with van der Waals surface area (Å²) in [7, 11) is 0. The van der Waals surface area contributed by atoms with Crippen LogP contribution in [0.25, 0.3) is 6.08 Å². The lowest BCUT2D eigenvalue weighted by Gasteiger charge is -2.16. The van der Waals surface area contributed by atoms with E-state index in [1.165, 1.54) is 25.1 Å². The molecule has 0 saturated carbocycles. The predicted molar refractivity (Wildman–Crippen MR) is 105 cm³/mol. The molecule has 4 nitrogen and oxygen atoms in total. The van der Waals surface area contributed by atoms with Gasteiger partial charge in [-0.05, 0) is 48.2 Å². The molecule has 0 aromatic heterocycles. The zero-order chi connectivity index (χ0) is 21.6. The Morgan fingerprint density at radius 2 is 1.62 bits per heavy atom. The molecule has 29 heavy (non-hydrogen) atoms. The third-order valence-electron chi connectivity index (χ3n) is 4.15. The van der Waals surface area contributed by atoms with E-state index >= 15 is 0 Å². The van der Waals surface area contributed by atoms with Gasteiger partial charge in [0.15, 0.2) is 6.10 Å². The minimum Gasteiger partial charge on any atom is -0.449 e. The number of benzene rings is 2. The molecule has 0 bridgehead atoms. The van der Waals surface area contributed by atoms with E-state index in [0.29, 0.717) is 11.3 Å². The summed E-state index contributed by atoms with van der Waals surface area (Å²) in [5, 5.41) is 2.74. The van der Waals surface area contributed by atoms with Crippen LogP contribution in [0.2, 0.25) is 0 Å². The quantitative estimate of drug-likeness (QED) is 0.516. The summed E-state index contributed by atoms with van der Waals surface area (Å²) < 4.78 is 42.7. The SMILES string of the molecule is CC(C)c1ccccc1NC(=O)[C@H](C)OC(=O)/C=C/c1ccc(C(F)(F)F)cc1. The second-order valence-electron chi connectivity index (χ2n) is 6.76. The predicted octanol–water partition coefficient (Wildman–Crippen LogP) is 5.41. The van der Waals surface area contributed by atoms with Crippen LogP contribution in [-0.2, 0) is 20.5 Å². The summed E-state index contributed by atoms with van der Waals surface area (Å²) >= 11 is 0. The zero-order valence-corrected chi connectivity index (χ0v) is 16.3. The first-order valence-corrected chi connectivity index (χ1v) is 9.03. The van der Waals surface area contributed by atoms with Crippen molar-refractivity contribution in [2.24, 2.45) is 0 Å². The molecule has 2 aromatic rings. The first-order chi connectivity index (χ1) is 13.6. The molecule has 154 valence electrons. The molecule has 0 aliphatic carbocycles. The fourth-order valence-electron chi connectivity index (χ4n) is 2.56. The summed E-state index contributed by atoms with van der Waals surface area (Å²) in [5.74, 6) is -1.05. The summed E-state index contributed by atoms with van der Waals surface area (Å²) in [6.07, 6.45) is -3.08. The van der Waals surface area contributed by atoms with Gasteiger partial charge in [0.05, 0.1) is 5.56 Å². The zero-order valence-electron chi connectivity index (χ0n) is 16.3. The average Bonchev–Trinajstić information content (AvgIpc) is 2.66. The average molecular weight is 405 g/mol. The first-order valence-electron chi connectivity index (χ1n) is 9.03. The fraction of sp³-hybridized carbons (Fsp3) is 0.273. The van der Waals surface area contributed by atoms with Crippen LogP contribution in [0.3, 0.4) is 0 Å². The molecule has 0 radical (unpaired) electrons. The van der Waals surface area contributed by atoms with Gasteiger partial charge in [0.25, 0.3) is 5.91 Å². The van der Waals surface area contributed by atoms with Crippen LogP contribution in [0.1, 0.15) is 43.4 Å². The minimum absolute atomic E-state index is 0.205. The number of halogens is 3. The van der Waals surface area contributed by atoms with E-state index in [0.717, 1.165) is 23.8 Å². The highest BCUT2D eigenvalue weighted by Gasteiger charge is 2.29. The Labute approximate surface area is 167 Å². The maximum Gasteiger partial charge on any atom is 0.416 e. The van der Waals surface area contributed by atoms with Crippen molar-refractivity contribution in [2.75, 3.05) is 5.32 Å². The normalized spacial score (nSPS) is 12.8. The molecular formula is C22H22F3NO3. The van der Waals surface area contributed by atoms with Crippen LogP contribution in [0.4, 0.5) is 18.9 Å². The molecule has 0 aliphatic heterocycles. The summed E-state index contributed by atoms with van der Waals surface area (Å²) in [6.45, 7) is 5.44. The van der Waals surface area contributed by atoms with Gasteiger partial charge in [-0.2, -0.15) is 13.2 Å². The monoisotopic (exact) mass is 405 g/mol. The third-order valence-corrected chi connectivity index (χ3v) is 4.15. The number of anilines is 1. The molecular weight excluding hydrogens is 383 g/mol. The van der Waals surface area contributed by atoms with Crippen LogP contribution in [0.5, 0.6) is 0 Å². The second kappa shape index (κ2) is 9.41. The lowest BCUT2D eigenvalue weighted by Crippen LogP contribution is -2.29. The van der Waals surface area contributed by atoms with E-state index in [9.17, 15) is 22.8 Å². The molecule has 0 spiro atoms. The van der Waals surface area contributed by atoms with Crippen molar-refractivity contribution in [2.45, 2.75) is 39.0 Å². The standard InChI is InChI=1S/C22H22F3NO3/c1-14(2)18-6-4-5-7-19(18)26-21(28)15(3)29-20(27)13-10-16-8-11-17(12-9-16)22(23,24)25/h4-15H,1-3H3,(H,26,28)/b13-10+/t15-/m0/s1. The maximum absolute atomic E-state index is 12.5. The highest BCUT2D eigenvalue weighted by Crippen LogP contribution is 2.29. The Hall–Kier alpha value is -3.09. The highest BCUT2D eigenvalue weighted by molar-refractivity contribution is 5.97. The maximum atomic E-state index is 12.5. The molecule has 1 amide bonds. The number of rotatable bonds is 6. The molecule has 2 rings (SSSR count). The number of ether oxygens (including phenoxy) is 1. The number of carbonyl (C=O) groups is 2. The van der Waals surface area contributed by atoms with Gasteiger partial charge >= 0.3 is 12.1 Å². The van der Waals surface area contributed by atoms with Gasteiger partial charge in [-0.25, -0.2) is 4.79 Å². The van der Waals surface area contributed by atoms with Crippen LogP contribution in [0, 0.1) is 0 Å². The van der Waals surface area contributed by atoms with E-state index in [-0.39, 0.29) is 5.92 Å². The summed E-state index contributed by atoms with van der Waals surface area (Å²) in [6, 6.07) is 11.7. The largest absolute Gasteiger partial charge is 0.449 e. The fourth-order valence-corrected chi connectivity index (χ4v) is 2.56. The number of nitrogens with one attached hydrogen (secondary N) is 1. The van der Waals surface area contributed by atoms with Crippen molar-refractivity contribution >= 4 is 23.6 Å². The highest BCUT2D eigenvalue weighted by atomic mass is 19.4. The van der Waals surface area contributed by atoms with Crippen molar-refractivity contribution in [3.05, 3.63) is 71.3 Å². The lowest BCUT2D eigenvalue weighted by molar-refractivity contribution is -0.148. The van der Waals surface area contributed by atoms with E-state index in [2.05, 4.69) is 5.32 Å². The number of esters is 1. The number of para-hydroxylation sites is 1. The Morgan fingerprint density at radius 3 is 2.21 bits per heavy atom. The number of alkyl halides is 3. The molecule has 2 aromatic carbocycles. The number of hydrogen-bond donors (Lipinski definition) is 1. The van der Waals surface area contributed by atoms with Crippen molar-refractivity contribution in [3.8, 4) is 0 Å². The molecule has 7 heteroatoms. The van der Waals surface area contributed by atoms with Gasteiger partial charge < -0.3 is 10.1 Å². The van der Waals surface area contributed by atoms with Gasteiger partial charge in [-0.15, -0.1) is 0 Å². The van der Waals surface area contributed by atoms with Crippen molar-refractivity contribution in [3.63, 3.8) is 0 Å². The Balaban J connectivity index is 1.94. The number of carbonyl (C=O) groups excluding carboxylic acids is 2. The van der Waals surface area contributed by atoms with Crippen molar-refractivity contribution in [1.29, 1.82) is 0 Å². The Morgan fingerprint density at radius 1 is 1.00 bits per heavy atom. The molecule has 0 saturated heterocycles. The smallest absolute Gasteiger partial charge is 0.416 e. The van der Waals surface area contributed by atoms with Crippen LogP contribution in [0.15, 0.2) is 54.6 Å². The number of amides is 1. The molecule has 0 unspecified atom stereocenters. The van der Waals surface area contributed by atoms with E-state index in [1.807, 2.05) is 26.0 Å². The third kappa shape index (κ3) is 6.48. The lowest BCUT2D eigenvalue weighted by atomic mass is 10.0.